The van der Waals surface area contributed by atoms with Gasteiger partial charge in [0.2, 0.25) is 0 Å². The van der Waals surface area contributed by atoms with Crippen LogP contribution in [-0.2, 0) is 11.2 Å². The first-order chi connectivity index (χ1) is 6.86. The number of hydrogen-bond donors (Lipinski definition) is 0. The molecule has 14 heavy (non-hydrogen) atoms. The number of hydrogen-bond acceptors (Lipinski definition) is 4. The zero-order valence-corrected chi connectivity index (χ0v) is 8.22. The molecule has 1 aromatic heterocycles. The molecule has 1 atom stereocenters. The Balaban J connectivity index is 2.35. The fourth-order valence-electron chi connectivity index (χ4n) is 1.22. The molecular weight excluding hydrogens is 180 g/mol. The summed E-state index contributed by atoms with van der Waals surface area (Å²) in [5, 5.41) is 2.82. The van der Waals surface area contributed by atoms with Gasteiger partial charge in [-0.25, -0.2) is 0 Å². The molecule has 1 aromatic rings. The molecule has 0 aliphatic heterocycles. The molecule has 1 heterocycles. The Bertz CT molecular complexity index is 264. The number of aryl methyl sites for hydroxylation is 1. The van der Waals surface area contributed by atoms with Crippen molar-refractivity contribution in [3.63, 3.8) is 0 Å². The van der Waals surface area contributed by atoms with E-state index in [0.717, 1.165) is 18.5 Å². The second-order valence-electron chi connectivity index (χ2n) is 3.03. The molecule has 0 aliphatic carbocycles. The molecule has 4 nitrogen and oxygen atoms in total. The van der Waals surface area contributed by atoms with E-state index in [1.54, 1.807) is 13.3 Å². The van der Waals surface area contributed by atoms with Gasteiger partial charge in [-0.3, -0.25) is 4.98 Å². The minimum absolute atomic E-state index is 0.0884. The van der Waals surface area contributed by atoms with Gasteiger partial charge in [-0.1, -0.05) is 11.2 Å². The zero-order valence-electron chi connectivity index (χ0n) is 8.22. The topological polar surface area (TPSA) is 51.6 Å². The predicted molar refractivity (Wildman–Crippen MR) is 54.0 cm³/mol. The number of aromatic nitrogens is 1. The van der Waals surface area contributed by atoms with Crippen LogP contribution in [0.15, 0.2) is 29.6 Å². The van der Waals surface area contributed by atoms with E-state index in [0.29, 0.717) is 0 Å². The van der Waals surface area contributed by atoms with Crippen molar-refractivity contribution in [2.45, 2.75) is 18.9 Å². The smallest absolute Gasteiger partial charge is 0.107 e. The van der Waals surface area contributed by atoms with Crippen molar-refractivity contribution in [2.75, 3.05) is 13.7 Å². The van der Waals surface area contributed by atoms with E-state index >= 15 is 0 Å². The number of nitrogens with zero attached hydrogens (tertiary/aromatic N) is 2. The predicted octanol–water partition coefficient (Wildman–Crippen LogP) is 1.80. The molecule has 0 saturated carbocycles. The lowest BCUT2D eigenvalue weighted by atomic mass is 10.1. The highest BCUT2D eigenvalue weighted by molar-refractivity contribution is 5.03. The quantitative estimate of drug-likeness (QED) is 0.649. The van der Waals surface area contributed by atoms with Crippen molar-refractivity contribution in [3.05, 3.63) is 35.0 Å². The molecule has 0 amide bonds. The van der Waals surface area contributed by atoms with Crippen LogP contribution in [0.2, 0.25) is 0 Å². The molecule has 0 aliphatic rings. The summed E-state index contributed by atoms with van der Waals surface area (Å²) in [4.78, 5) is 14.2. The maximum atomic E-state index is 10.0. The molecule has 0 radical (unpaired) electrons. The highest BCUT2D eigenvalue weighted by atomic mass is 16.5. The van der Waals surface area contributed by atoms with Gasteiger partial charge in [0.1, 0.15) is 6.54 Å². The van der Waals surface area contributed by atoms with Crippen LogP contribution in [0.1, 0.15) is 12.1 Å². The SMILES string of the molecule is COC(CCc1ccccn1)CN=O. The number of rotatable bonds is 6. The summed E-state index contributed by atoms with van der Waals surface area (Å²) in [6.07, 6.45) is 3.26. The molecule has 0 spiro atoms. The second-order valence-corrected chi connectivity index (χ2v) is 3.03. The van der Waals surface area contributed by atoms with Crippen LogP contribution in [-0.4, -0.2) is 24.7 Å². The summed E-state index contributed by atoms with van der Waals surface area (Å²) in [5.74, 6) is 0. The summed E-state index contributed by atoms with van der Waals surface area (Å²) in [7, 11) is 1.59. The zero-order chi connectivity index (χ0) is 10.2. The van der Waals surface area contributed by atoms with Gasteiger partial charge in [-0.2, -0.15) is 4.91 Å². The number of ether oxygens (including phenoxy) is 1. The van der Waals surface area contributed by atoms with Gasteiger partial charge in [-0.05, 0) is 25.0 Å². The largest absolute Gasteiger partial charge is 0.379 e. The first kappa shape index (κ1) is 10.8. The Morgan fingerprint density at radius 3 is 3.00 bits per heavy atom. The van der Waals surface area contributed by atoms with Crippen molar-refractivity contribution >= 4 is 0 Å². The molecular formula is C10H14N2O2. The first-order valence-corrected chi connectivity index (χ1v) is 4.58. The van der Waals surface area contributed by atoms with E-state index < -0.39 is 0 Å². The summed E-state index contributed by atoms with van der Waals surface area (Å²) in [6.45, 7) is 0.212. The number of nitroso groups, excluding NO2 is 1. The van der Waals surface area contributed by atoms with E-state index in [4.69, 9.17) is 4.74 Å². The highest BCUT2D eigenvalue weighted by Crippen LogP contribution is 2.04. The fraction of sp³-hybridized carbons (Fsp3) is 0.500. The number of methoxy groups -OCH3 is 1. The Morgan fingerprint density at radius 1 is 1.57 bits per heavy atom. The van der Waals surface area contributed by atoms with Crippen LogP contribution in [0, 0.1) is 4.91 Å². The van der Waals surface area contributed by atoms with Crippen molar-refractivity contribution in [1.29, 1.82) is 0 Å². The average Bonchev–Trinajstić information content (AvgIpc) is 2.25. The summed E-state index contributed by atoms with van der Waals surface area (Å²) in [5.41, 5.74) is 1.01. The van der Waals surface area contributed by atoms with E-state index in [2.05, 4.69) is 10.2 Å². The lowest BCUT2D eigenvalue weighted by Crippen LogP contribution is -2.15. The number of pyridine rings is 1. The van der Waals surface area contributed by atoms with Crippen molar-refractivity contribution < 1.29 is 4.74 Å². The van der Waals surface area contributed by atoms with Gasteiger partial charge in [0.25, 0.3) is 0 Å². The average molecular weight is 194 g/mol. The Hall–Kier alpha value is -1.29. The van der Waals surface area contributed by atoms with Gasteiger partial charge < -0.3 is 4.74 Å². The van der Waals surface area contributed by atoms with Crippen LogP contribution in [0.25, 0.3) is 0 Å². The van der Waals surface area contributed by atoms with Gasteiger partial charge in [-0.15, -0.1) is 0 Å². The van der Waals surface area contributed by atoms with Crippen molar-refractivity contribution in [3.8, 4) is 0 Å². The standard InChI is InChI=1S/C10H14N2O2/c1-14-10(8-12-13)6-5-9-4-2-3-7-11-9/h2-4,7,10H,5-6,8H2,1H3. The summed E-state index contributed by atoms with van der Waals surface area (Å²) >= 11 is 0. The first-order valence-electron chi connectivity index (χ1n) is 4.58. The maximum Gasteiger partial charge on any atom is 0.107 e. The third kappa shape index (κ3) is 3.62. The minimum Gasteiger partial charge on any atom is -0.379 e. The molecule has 1 unspecified atom stereocenters. The normalized spacial score (nSPS) is 12.4. The van der Waals surface area contributed by atoms with E-state index in [-0.39, 0.29) is 12.6 Å². The Morgan fingerprint density at radius 2 is 2.43 bits per heavy atom. The fourth-order valence-corrected chi connectivity index (χ4v) is 1.22. The van der Waals surface area contributed by atoms with Crippen LogP contribution < -0.4 is 0 Å². The molecule has 0 aromatic carbocycles. The molecule has 0 bridgehead atoms. The van der Waals surface area contributed by atoms with E-state index in [9.17, 15) is 4.91 Å². The van der Waals surface area contributed by atoms with Gasteiger partial charge in [0, 0.05) is 19.0 Å². The monoisotopic (exact) mass is 194 g/mol. The lowest BCUT2D eigenvalue weighted by molar-refractivity contribution is 0.102. The van der Waals surface area contributed by atoms with Gasteiger partial charge in [0.05, 0.1) is 6.10 Å². The molecule has 0 fully saturated rings. The van der Waals surface area contributed by atoms with Crippen LogP contribution >= 0.6 is 0 Å². The van der Waals surface area contributed by atoms with E-state index in [1.165, 1.54) is 0 Å². The van der Waals surface area contributed by atoms with Crippen LogP contribution in [0.4, 0.5) is 0 Å². The third-order valence-electron chi connectivity index (χ3n) is 2.06. The maximum absolute atomic E-state index is 10.0. The van der Waals surface area contributed by atoms with Crippen LogP contribution in [0.3, 0.4) is 0 Å². The Kier molecular flexibility index (Phi) is 4.78. The second kappa shape index (κ2) is 6.21. The molecule has 1 rings (SSSR count). The van der Waals surface area contributed by atoms with E-state index in [1.807, 2.05) is 18.2 Å². The molecule has 0 N–H and O–H groups in total. The lowest BCUT2D eigenvalue weighted by Gasteiger charge is -2.10. The molecule has 76 valence electrons. The third-order valence-corrected chi connectivity index (χ3v) is 2.06. The molecule has 4 heteroatoms. The molecule has 0 saturated heterocycles. The van der Waals surface area contributed by atoms with Crippen molar-refractivity contribution in [1.82, 2.24) is 4.98 Å². The van der Waals surface area contributed by atoms with Crippen molar-refractivity contribution in [2.24, 2.45) is 5.18 Å². The Labute approximate surface area is 83.3 Å². The minimum atomic E-state index is -0.0884. The highest BCUT2D eigenvalue weighted by Gasteiger charge is 2.07. The van der Waals surface area contributed by atoms with Gasteiger partial charge >= 0.3 is 0 Å². The summed E-state index contributed by atoms with van der Waals surface area (Å²) in [6, 6.07) is 5.79. The van der Waals surface area contributed by atoms with Crippen LogP contribution in [0.5, 0.6) is 0 Å². The summed E-state index contributed by atoms with van der Waals surface area (Å²) < 4.78 is 5.09. The van der Waals surface area contributed by atoms with Gasteiger partial charge in [0.15, 0.2) is 0 Å².